The molecule has 1 aromatic heterocycles. The first kappa shape index (κ1) is 15.4. The van der Waals surface area contributed by atoms with Crippen LogP contribution in [-0.4, -0.2) is 22.8 Å². The molecule has 0 spiro atoms. The Morgan fingerprint density at radius 2 is 2.05 bits per heavy atom. The van der Waals surface area contributed by atoms with Gasteiger partial charge in [-0.2, -0.15) is 0 Å². The third-order valence-corrected chi connectivity index (χ3v) is 4.23. The Morgan fingerprint density at radius 3 is 2.65 bits per heavy atom. The quantitative estimate of drug-likeness (QED) is 0.904. The van der Waals surface area contributed by atoms with Crippen LogP contribution in [0.5, 0.6) is 5.75 Å². The van der Waals surface area contributed by atoms with E-state index in [1.54, 1.807) is 18.4 Å². The van der Waals surface area contributed by atoms with Gasteiger partial charge in [0.1, 0.15) is 15.8 Å². The number of nitrogens with one attached hydrogen (secondary N) is 1. The second-order valence-electron chi connectivity index (χ2n) is 5.45. The van der Waals surface area contributed by atoms with E-state index in [9.17, 15) is 0 Å². The van der Waals surface area contributed by atoms with Crippen LogP contribution in [0.4, 0.5) is 0 Å². The van der Waals surface area contributed by atoms with Crippen LogP contribution in [0, 0.1) is 0 Å². The van der Waals surface area contributed by atoms with Crippen molar-refractivity contribution in [1.29, 1.82) is 0 Å². The first-order valence-electron chi connectivity index (χ1n) is 6.30. The van der Waals surface area contributed by atoms with Gasteiger partial charge in [-0.3, -0.25) is 0 Å². The fourth-order valence-electron chi connectivity index (χ4n) is 1.58. The van der Waals surface area contributed by atoms with Gasteiger partial charge < -0.3 is 10.1 Å². The van der Waals surface area contributed by atoms with Crippen molar-refractivity contribution >= 4 is 27.3 Å². The standard InChI is InChI=1S/C14H18BrN3OS/c1-14(2,3)16-8-12-17-18-13(20-12)9-5-6-11(19-4)10(15)7-9/h5-7,16H,8H2,1-4H3. The number of benzene rings is 1. The maximum atomic E-state index is 5.23. The fraction of sp³-hybridized carbons (Fsp3) is 0.429. The lowest BCUT2D eigenvalue weighted by Gasteiger charge is -2.19. The highest BCUT2D eigenvalue weighted by molar-refractivity contribution is 9.10. The summed E-state index contributed by atoms with van der Waals surface area (Å²) in [7, 11) is 1.65. The van der Waals surface area contributed by atoms with E-state index >= 15 is 0 Å². The molecule has 0 aliphatic heterocycles. The maximum absolute atomic E-state index is 5.23. The summed E-state index contributed by atoms with van der Waals surface area (Å²) in [5, 5.41) is 13.8. The molecule has 0 bridgehead atoms. The second kappa shape index (κ2) is 6.20. The Kier molecular flexibility index (Phi) is 4.78. The SMILES string of the molecule is COc1ccc(-c2nnc(CNC(C)(C)C)s2)cc1Br. The number of ether oxygens (including phenoxy) is 1. The molecule has 0 amide bonds. The highest BCUT2D eigenvalue weighted by Gasteiger charge is 2.12. The summed E-state index contributed by atoms with van der Waals surface area (Å²) in [5.41, 5.74) is 1.12. The number of halogens is 1. The molecule has 1 aromatic carbocycles. The minimum absolute atomic E-state index is 0.0783. The summed E-state index contributed by atoms with van der Waals surface area (Å²) in [6.45, 7) is 7.14. The fourth-order valence-corrected chi connectivity index (χ4v) is 2.90. The second-order valence-corrected chi connectivity index (χ2v) is 7.37. The Morgan fingerprint density at radius 1 is 1.30 bits per heavy atom. The molecule has 0 aliphatic carbocycles. The third kappa shape index (κ3) is 4.01. The summed E-state index contributed by atoms with van der Waals surface area (Å²) in [5.74, 6) is 0.813. The molecule has 0 saturated carbocycles. The van der Waals surface area contributed by atoms with E-state index in [2.05, 4.69) is 52.2 Å². The van der Waals surface area contributed by atoms with Crippen molar-refractivity contribution in [3.8, 4) is 16.3 Å². The molecule has 0 unspecified atom stereocenters. The number of methoxy groups -OCH3 is 1. The summed E-state index contributed by atoms with van der Waals surface area (Å²) in [4.78, 5) is 0. The Bertz CT molecular complexity index is 592. The van der Waals surface area contributed by atoms with Gasteiger partial charge in [-0.25, -0.2) is 0 Å². The third-order valence-electron chi connectivity index (χ3n) is 2.64. The predicted molar refractivity (Wildman–Crippen MR) is 86.2 cm³/mol. The molecule has 1 heterocycles. The predicted octanol–water partition coefficient (Wildman–Crippen LogP) is 3.86. The number of aromatic nitrogens is 2. The molecule has 108 valence electrons. The normalized spacial score (nSPS) is 11.7. The molecule has 6 heteroatoms. The van der Waals surface area contributed by atoms with Crippen molar-refractivity contribution in [2.75, 3.05) is 7.11 Å². The highest BCUT2D eigenvalue weighted by Crippen LogP contribution is 2.31. The number of hydrogen-bond donors (Lipinski definition) is 1. The van der Waals surface area contributed by atoms with E-state index in [4.69, 9.17) is 4.74 Å². The van der Waals surface area contributed by atoms with E-state index in [1.807, 2.05) is 18.2 Å². The monoisotopic (exact) mass is 355 g/mol. The molecule has 2 aromatic rings. The average molecular weight is 356 g/mol. The van der Waals surface area contributed by atoms with Crippen LogP contribution < -0.4 is 10.1 Å². The number of hydrogen-bond acceptors (Lipinski definition) is 5. The number of nitrogens with zero attached hydrogens (tertiary/aromatic N) is 2. The van der Waals surface area contributed by atoms with Crippen molar-refractivity contribution < 1.29 is 4.74 Å². The smallest absolute Gasteiger partial charge is 0.147 e. The molecular formula is C14H18BrN3OS. The molecule has 2 rings (SSSR count). The van der Waals surface area contributed by atoms with Gasteiger partial charge in [0.25, 0.3) is 0 Å². The lowest BCUT2D eigenvalue weighted by Crippen LogP contribution is -2.35. The van der Waals surface area contributed by atoms with Gasteiger partial charge in [-0.1, -0.05) is 11.3 Å². The Hall–Kier alpha value is -0.980. The van der Waals surface area contributed by atoms with E-state index in [0.29, 0.717) is 0 Å². The van der Waals surface area contributed by atoms with Crippen molar-refractivity contribution in [2.45, 2.75) is 32.9 Å². The van der Waals surface area contributed by atoms with Gasteiger partial charge in [-0.15, -0.1) is 10.2 Å². The Labute approximate surface area is 131 Å². The summed E-state index contributed by atoms with van der Waals surface area (Å²) in [6, 6.07) is 5.92. The molecule has 4 nitrogen and oxygen atoms in total. The van der Waals surface area contributed by atoms with Gasteiger partial charge >= 0.3 is 0 Å². The topological polar surface area (TPSA) is 47.0 Å². The molecule has 0 fully saturated rings. The maximum Gasteiger partial charge on any atom is 0.147 e. The van der Waals surface area contributed by atoms with E-state index < -0.39 is 0 Å². The van der Waals surface area contributed by atoms with Crippen LogP contribution >= 0.6 is 27.3 Å². The van der Waals surface area contributed by atoms with Gasteiger partial charge in [0.2, 0.25) is 0 Å². The highest BCUT2D eigenvalue weighted by atomic mass is 79.9. The first-order chi connectivity index (χ1) is 9.39. The minimum Gasteiger partial charge on any atom is -0.496 e. The van der Waals surface area contributed by atoms with Gasteiger partial charge in [0.05, 0.1) is 18.1 Å². The summed E-state index contributed by atoms with van der Waals surface area (Å²) >= 11 is 5.09. The van der Waals surface area contributed by atoms with Gasteiger partial charge in [-0.05, 0) is 54.9 Å². The van der Waals surface area contributed by atoms with Crippen LogP contribution in [0.2, 0.25) is 0 Å². The molecule has 1 N–H and O–H groups in total. The molecule has 0 atom stereocenters. The van der Waals surface area contributed by atoms with E-state index in [1.165, 1.54) is 0 Å². The van der Waals surface area contributed by atoms with Gasteiger partial charge in [0, 0.05) is 11.1 Å². The van der Waals surface area contributed by atoms with Gasteiger partial charge in [0.15, 0.2) is 0 Å². The zero-order valence-corrected chi connectivity index (χ0v) is 14.4. The summed E-state index contributed by atoms with van der Waals surface area (Å²) in [6.07, 6.45) is 0. The van der Waals surface area contributed by atoms with Crippen molar-refractivity contribution in [3.05, 3.63) is 27.7 Å². The van der Waals surface area contributed by atoms with Crippen LogP contribution in [0.3, 0.4) is 0 Å². The molecule has 0 saturated heterocycles. The Balaban J connectivity index is 2.14. The van der Waals surface area contributed by atoms with E-state index in [-0.39, 0.29) is 5.54 Å². The zero-order chi connectivity index (χ0) is 14.8. The van der Waals surface area contributed by atoms with Crippen molar-refractivity contribution in [2.24, 2.45) is 0 Å². The lowest BCUT2D eigenvalue weighted by atomic mass is 10.1. The number of rotatable bonds is 4. The molecule has 0 radical (unpaired) electrons. The van der Waals surface area contributed by atoms with Crippen LogP contribution in [0.25, 0.3) is 10.6 Å². The molecular weight excluding hydrogens is 338 g/mol. The largest absolute Gasteiger partial charge is 0.496 e. The van der Waals surface area contributed by atoms with Crippen LogP contribution in [0.15, 0.2) is 22.7 Å². The molecule has 0 aliphatic rings. The molecule has 20 heavy (non-hydrogen) atoms. The lowest BCUT2D eigenvalue weighted by molar-refractivity contribution is 0.412. The zero-order valence-electron chi connectivity index (χ0n) is 12.0. The average Bonchev–Trinajstić information content (AvgIpc) is 2.84. The van der Waals surface area contributed by atoms with Crippen molar-refractivity contribution in [1.82, 2.24) is 15.5 Å². The van der Waals surface area contributed by atoms with E-state index in [0.717, 1.165) is 32.3 Å². The minimum atomic E-state index is 0.0783. The van der Waals surface area contributed by atoms with Crippen molar-refractivity contribution in [3.63, 3.8) is 0 Å². The van der Waals surface area contributed by atoms with Crippen LogP contribution in [-0.2, 0) is 6.54 Å². The summed E-state index contributed by atoms with van der Waals surface area (Å²) < 4.78 is 6.15. The van der Waals surface area contributed by atoms with Crippen LogP contribution in [0.1, 0.15) is 25.8 Å². The first-order valence-corrected chi connectivity index (χ1v) is 7.91.